The van der Waals surface area contributed by atoms with Crippen molar-refractivity contribution in [1.29, 1.82) is 0 Å². The molecule has 22 heavy (non-hydrogen) atoms. The quantitative estimate of drug-likeness (QED) is 0.805. The number of pyridine rings is 2. The second kappa shape index (κ2) is 8.89. The lowest BCUT2D eigenvalue weighted by molar-refractivity contribution is -0.121. The van der Waals surface area contributed by atoms with Gasteiger partial charge >= 0.3 is 0 Å². The predicted octanol–water partition coefficient (Wildman–Crippen LogP) is 1.66. The van der Waals surface area contributed by atoms with E-state index in [1.54, 1.807) is 12.4 Å². The van der Waals surface area contributed by atoms with Gasteiger partial charge in [0.05, 0.1) is 0 Å². The van der Waals surface area contributed by atoms with E-state index in [1.165, 1.54) is 5.56 Å². The van der Waals surface area contributed by atoms with Crippen LogP contribution in [0.5, 0.6) is 0 Å². The number of nitrogens with one attached hydrogen (secondary N) is 1. The van der Waals surface area contributed by atoms with Crippen molar-refractivity contribution < 1.29 is 4.79 Å². The fourth-order valence-electron chi connectivity index (χ4n) is 2.06. The standard InChI is InChI=1S/C17H22N4O/c1-21(12-6-15-2-8-18-9-3-15)13-7-17(22)20-14-16-4-10-19-11-5-16/h2-5,8-11H,6-7,12-14H2,1H3,(H,20,22). The summed E-state index contributed by atoms with van der Waals surface area (Å²) < 4.78 is 0. The van der Waals surface area contributed by atoms with Gasteiger partial charge in [0.25, 0.3) is 0 Å². The van der Waals surface area contributed by atoms with Crippen LogP contribution in [0.25, 0.3) is 0 Å². The minimum Gasteiger partial charge on any atom is -0.352 e. The number of amides is 1. The van der Waals surface area contributed by atoms with Crippen molar-refractivity contribution in [2.45, 2.75) is 19.4 Å². The lowest BCUT2D eigenvalue weighted by Crippen LogP contribution is -2.29. The van der Waals surface area contributed by atoms with Crippen LogP contribution in [0.15, 0.2) is 49.1 Å². The molecule has 0 spiro atoms. The van der Waals surface area contributed by atoms with Gasteiger partial charge < -0.3 is 10.2 Å². The third-order valence-corrected chi connectivity index (χ3v) is 3.49. The Labute approximate surface area is 131 Å². The van der Waals surface area contributed by atoms with Crippen molar-refractivity contribution in [3.05, 3.63) is 60.2 Å². The Morgan fingerprint density at radius 1 is 1.00 bits per heavy atom. The molecule has 0 aliphatic carbocycles. The fraction of sp³-hybridized carbons (Fsp3) is 0.353. The van der Waals surface area contributed by atoms with Crippen molar-refractivity contribution in [2.24, 2.45) is 0 Å². The second-order valence-corrected chi connectivity index (χ2v) is 5.29. The van der Waals surface area contributed by atoms with Gasteiger partial charge in [-0.15, -0.1) is 0 Å². The molecule has 0 fully saturated rings. The highest BCUT2D eigenvalue weighted by Crippen LogP contribution is 2.00. The van der Waals surface area contributed by atoms with Gasteiger partial charge in [0, 0.05) is 50.8 Å². The molecule has 0 aliphatic heterocycles. The van der Waals surface area contributed by atoms with Gasteiger partial charge in [0.15, 0.2) is 0 Å². The highest BCUT2D eigenvalue weighted by atomic mass is 16.1. The molecule has 0 atom stereocenters. The van der Waals surface area contributed by atoms with E-state index >= 15 is 0 Å². The van der Waals surface area contributed by atoms with Crippen LogP contribution in [0, 0.1) is 0 Å². The molecule has 0 unspecified atom stereocenters. The first kappa shape index (κ1) is 16.1. The van der Waals surface area contributed by atoms with E-state index in [0.717, 1.165) is 25.1 Å². The van der Waals surface area contributed by atoms with E-state index in [-0.39, 0.29) is 5.91 Å². The number of nitrogens with zero attached hydrogens (tertiary/aromatic N) is 3. The third-order valence-electron chi connectivity index (χ3n) is 3.49. The molecular weight excluding hydrogens is 276 g/mol. The number of hydrogen-bond acceptors (Lipinski definition) is 4. The van der Waals surface area contributed by atoms with Gasteiger partial charge in [0.1, 0.15) is 0 Å². The Hall–Kier alpha value is -2.27. The average Bonchev–Trinajstić information content (AvgIpc) is 2.58. The molecule has 0 saturated carbocycles. The number of hydrogen-bond donors (Lipinski definition) is 1. The highest BCUT2D eigenvalue weighted by Gasteiger charge is 2.05. The monoisotopic (exact) mass is 298 g/mol. The smallest absolute Gasteiger partial charge is 0.221 e. The number of carbonyl (C=O) groups excluding carboxylic acids is 1. The third kappa shape index (κ3) is 6.01. The van der Waals surface area contributed by atoms with E-state index < -0.39 is 0 Å². The SMILES string of the molecule is CN(CCC(=O)NCc1ccncc1)CCc1ccncc1. The molecule has 1 N–H and O–H groups in total. The van der Waals surface area contributed by atoms with E-state index in [1.807, 2.05) is 43.7 Å². The van der Waals surface area contributed by atoms with Crippen molar-refractivity contribution >= 4 is 5.91 Å². The summed E-state index contributed by atoms with van der Waals surface area (Å²) in [6.45, 7) is 2.25. The van der Waals surface area contributed by atoms with Crippen molar-refractivity contribution in [2.75, 3.05) is 20.1 Å². The van der Waals surface area contributed by atoms with Gasteiger partial charge in [-0.3, -0.25) is 14.8 Å². The summed E-state index contributed by atoms with van der Waals surface area (Å²) in [5, 5.41) is 2.93. The van der Waals surface area contributed by atoms with Gasteiger partial charge in [-0.1, -0.05) is 0 Å². The molecule has 2 rings (SSSR count). The van der Waals surface area contributed by atoms with E-state index in [9.17, 15) is 4.79 Å². The summed E-state index contributed by atoms with van der Waals surface area (Å²) in [5.74, 6) is 0.0765. The van der Waals surface area contributed by atoms with Crippen LogP contribution in [0.1, 0.15) is 17.5 Å². The lowest BCUT2D eigenvalue weighted by atomic mass is 10.2. The van der Waals surface area contributed by atoms with Gasteiger partial charge in [-0.25, -0.2) is 0 Å². The molecule has 0 saturated heterocycles. The normalized spacial score (nSPS) is 10.6. The molecule has 2 aromatic rings. The van der Waals surface area contributed by atoms with Gasteiger partial charge in [-0.2, -0.15) is 0 Å². The highest BCUT2D eigenvalue weighted by molar-refractivity contribution is 5.76. The molecule has 5 heteroatoms. The van der Waals surface area contributed by atoms with E-state index in [2.05, 4.69) is 20.2 Å². The van der Waals surface area contributed by atoms with Crippen molar-refractivity contribution in [3.8, 4) is 0 Å². The van der Waals surface area contributed by atoms with Crippen molar-refractivity contribution in [1.82, 2.24) is 20.2 Å². The molecule has 0 aromatic carbocycles. The second-order valence-electron chi connectivity index (χ2n) is 5.29. The first-order valence-corrected chi connectivity index (χ1v) is 7.47. The van der Waals surface area contributed by atoms with Gasteiger partial charge in [0.2, 0.25) is 5.91 Å². The Kier molecular flexibility index (Phi) is 6.51. The lowest BCUT2D eigenvalue weighted by Gasteiger charge is -2.16. The van der Waals surface area contributed by atoms with Crippen LogP contribution in [0.2, 0.25) is 0 Å². The molecule has 0 radical (unpaired) electrons. The Morgan fingerprint density at radius 2 is 1.59 bits per heavy atom. The van der Waals surface area contributed by atoms with E-state index in [0.29, 0.717) is 13.0 Å². The molecule has 1 amide bonds. The number of carbonyl (C=O) groups is 1. The molecule has 2 heterocycles. The summed E-state index contributed by atoms with van der Waals surface area (Å²) in [6.07, 6.45) is 8.56. The van der Waals surface area contributed by atoms with Crippen LogP contribution in [-0.4, -0.2) is 40.9 Å². The Bertz CT molecular complexity index is 559. The molecule has 5 nitrogen and oxygen atoms in total. The molecule has 0 aliphatic rings. The topological polar surface area (TPSA) is 58.1 Å². The maximum absolute atomic E-state index is 11.8. The van der Waals surface area contributed by atoms with Gasteiger partial charge in [-0.05, 0) is 48.9 Å². The molecule has 0 bridgehead atoms. The van der Waals surface area contributed by atoms with Crippen LogP contribution in [0.4, 0.5) is 0 Å². The zero-order chi connectivity index (χ0) is 15.6. The summed E-state index contributed by atoms with van der Waals surface area (Å²) in [5.41, 5.74) is 2.33. The minimum atomic E-state index is 0.0765. The Balaban J connectivity index is 1.61. The fourth-order valence-corrected chi connectivity index (χ4v) is 2.06. The summed E-state index contributed by atoms with van der Waals surface area (Å²) in [4.78, 5) is 22.0. The van der Waals surface area contributed by atoms with Crippen molar-refractivity contribution in [3.63, 3.8) is 0 Å². The number of likely N-dealkylation sites (N-methyl/N-ethyl adjacent to an activating group) is 1. The Morgan fingerprint density at radius 3 is 2.23 bits per heavy atom. The maximum atomic E-state index is 11.8. The maximum Gasteiger partial charge on any atom is 0.221 e. The largest absolute Gasteiger partial charge is 0.352 e. The molecule has 2 aromatic heterocycles. The van der Waals surface area contributed by atoms with E-state index in [4.69, 9.17) is 0 Å². The predicted molar refractivity (Wildman–Crippen MR) is 86.1 cm³/mol. The first-order chi connectivity index (χ1) is 10.7. The van der Waals surface area contributed by atoms with Crippen LogP contribution >= 0.6 is 0 Å². The summed E-state index contributed by atoms with van der Waals surface area (Å²) in [6, 6.07) is 7.85. The van der Waals surface area contributed by atoms with Crippen LogP contribution in [-0.2, 0) is 17.8 Å². The zero-order valence-electron chi connectivity index (χ0n) is 12.9. The zero-order valence-corrected chi connectivity index (χ0v) is 12.9. The molecule has 116 valence electrons. The van der Waals surface area contributed by atoms with Crippen LogP contribution < -0.4 is 5.32 Å². The number of aromatic nitrogens is 2. The van der Waals surface area contributed by atoms with Crippen LogP contribution in [0.3, 0.4) is 0 Å². The number of rotatable bonds is 8. The molecular formula is C17H22N4O. The average molecular weight is 298 g/mol. The summed E-state index contributed by atoms with van der Waals surface area (Å²) >= 11 is 0. The first-order valence-electron chi connectivity index (χ1n) is 7.47. The minimum absolute atomic E-state index is 0.0765. The summed E-state index contributed by atoms with van der Waals surface area (Å²) in [7, 11) is 2.04.